The topological polar surface area (TPSA) is 21.3 Å². The number of para-hydroxylation sites is 1. The van der Waals surface area contributed by atoms with Crippen molar-refractivity contribution in [2.75, 3.05) is 5.32 Å². The van der Waals surface area contributed by atoms with Crippen LogP contribution in [0.4, 0.5) is 5.69 Å². The van der Waals surface area contributed by atoms with Gasteiger partial charge in [-0.3, -0.25) is 0 Å². The van der Waals surface area contributed by atoms with E-state index in [4.69, 9.17) is 27.9 Å². The van der Waals surface area contributed by atoms with Crippen molar-refractivity contribution < 1.29 is 4.74 Å². The summed E-state index contributed by atoms with van der Waals surface area (Å²) in [5.74, 6) is 0.701. The van der Waals surface area contributed by atoms with Gasteiger partial charge in [0.1, 0.15) is 6.10 Å². The largest absolute Gasteiger partial charge is 0.480 e. The predicted octanol–water partition coefficient (Wildman–Crippen LogP) is 4.93. The van der Waals surface area contributed by atoms with E-state index in [0.717, 1.165) is 11.3 Å². The molecule has 1 aliphatic heterocycles. The van der Waals surface area contributed by atoms with Crippen molar-refractivity contribution in [3.05, 3.63) is 58.1 Å². The van der Waals surface area contributed by atoms with Crippen LogP contribution >= 0.6 is 23.2 Å². The highest BCUT2D eigenvalue weighted by Gasteiger charge is 2.28. The first-order chi connectivity index (χ1) is 9.15. The molecular weight excluding hydrogens is 281 g/mol. The van der Waals surface area contributed by atoms with Gasteiger partial charge in [-0.15, -0.1) is 0 Å². The first-order valence-electron chi connectivity index (χ1n) is 6.12. The molecule has 0 spiro atoms. The molecule has 0 aliphatic carbocycles. The van der Waals surface area contributed by atoms with E-state index >= 15 is 0 Å². The normalized spacial score (nSPS) is 21.2. The number of halogens is 2. The van der Waals surface area contributed by atoms with Crippen molar-refractivity contribution in [3.8, 4) is 5.75 Å². The fourth-order valence-corrected chi connectivity index (χ4v) is 2.75. The summed E-state index contributed by atoms with van der Waals surface area (Å²) >= 11 is 12.2. The zero-order valence-corrected chi connectivity index (χ0v) is 11.9. The molecule has 0 aromatic heterocycles. The first kappa shape index (κ1) is 12.6. The maximum absolute atomic E-state index is 6.18. The Kier molecular flexibility index (Phi) is 3.29. The quantitative estimate of drug-likeness (QED) is 0.805. The Hall–Kier alpha value is -1.38. The lowest BCUT2D eigenvalue weighted by Gasteiger charge is -2.33. The molecule has 0 bridgehead atoms. The molecule has 0 saturated carbocycles. The van der Waals surface area contributed by atoms with Crippen LogP contribution in [-0.2, 0) is 0 Å². The minimum Gasteiger partial charge on any atom is -0.480 e. The number of hydrogen-bond donors (Lipinski definition) is 1. The third-order valence-electron chi connectivity index (χ3n) is 3.23. The van der Waals surface area contributed by atoms with Gasteiger partial charge in [0.2, 0.25) is 0 Å². The van der Waals surface area contributed by atoms with Crippen LogP contribution in [0, 0.1) is 0 Å². The number of nitrogens with one attached hydrogen (secondary N) is 1. The monoisotopic (exact) mass is 293 g/mol. The van der Waals surface area contributed by atoms with Crippen LogP contribution in [-0.4, -0.2) is 6.04 Å². The van der Waals surface area contributed by atoms with Crippen LogP contribution in [0.1, 0.15) is 18.6 Å². The Bertz CT molecular complexity index is 615. The average molecular weight is 294 g/mol. The summed E-state index contributed by atoms with van der Waals surface area (Å²) in [7, 11) is 0. The van der Waals surface area contributed by atoms with E-state index in [-0.39, 0.29) is 12.1 Å². The van der Waals surface area contributed by atoms with Crippen LogP contribution in [0.3, 0.4) is 0 Å². The lowest BCUT2D eigenvalue weighted by atomic mass is 10.0. The molecule has 0 saturated heterocycles. The highest BCUT2D eigenvalue weighted by Crippen LogP contribution is 2.42. The number of rotatable bonds is 1. The molecule has 3 rings (SSSR count). The van der Waals surface area contributed by atoms with E-state index in [2.05, 4.69) is 12.2 Å². The van der Waals surface area contributed by atoms with Gasteiger partial charge in [0.05, 0.1) is 16.8 Å². The standard InChI is InChI=1S/C15H13Cl2NO/c1-9-14(10-4-2-5-11(16)8-10)19-15-12(17)6-3-7-13(15)18-9/h2-9,14,18H,1H3. The maximum atomic E-state index is 6.18. The van der Waals surface area contributed by atoms with E-state index < -0.39 is 0 Å². The van der Waals surface area contributed by atoms with E-state index in [0.29, 0.717) is 15.8 Å². The van der Waals surface area contributed by atoms with Gasteiger partial charge in [0.15, 0.2) is 5.75 Å². The van der Waals surface area contributed by atoms with Crippen molar-refractivity contribution in [3.63, 3.8) is 0 Å². The third kappa shape index (κ3) is 2.38. The summed E-state index contributed by atoms with van der Waals surface area (Å²) in [6, 6.07) is 13.6. The Labute approximate surface area is 122 Å². The Morgan fingerprint density at radius 1 is 1.11 bits per heavy atom. The highest BCUT2D eigenvalue weighted by molar-refractivity contribution is 6.32. The molecule has 19 heavy (non-hydrogen) atoms. The number of hydrogen-bond acceptors (Lipinski definition) is 2. The summed E-state index contributed by atoms with van der Waals surface area (Å²) in [4.78, 5) is 0. The zero-order chi connectivity index (χ0) is 13.4. The van der Waals surface area contributed by atoms with Gasteiger partial charge in [-0.25, -0.2) is 0 Å². The van der Waals surface area contributed by atoms with Crippen molar-refractivity contribution in [1.29, 1.82) is 0 Å². The van der Waals surface area contributed by atoms with Crippen molar-refractivity contribution in [2.45, 2.75) is 19.1 Å². The summed E-state index contributed by atoms with van der Waals surface area (Å²) in [6.45, 7) is 2.08. The first-order valence-corrected chi connectivity index (χ1v) is 6.88. The van der Waals surface area contributed by atoms with E-state index in [1.165, 1.54) is 0 Å². The number of ether oxygens (including phenoxy) is 1. The van der Waals surface area contributed by atoms with Crippen molar-refractivity contribution in [1.82, 2.24) is 0 Å². The Morgan fingerprint density at radius 3 is 2.68 bits per heavy atom. The fourth-order valence-electron chi connectivity index (χ4n) is 2.33. The van der Waals surface area contributed by atoms with E-state index in [1.54, 1.807) is 0 Å². The average Bonchev–Trinajstić information content (AvgIpc) is 2.38. The van der Waals surface area contributed by atoms with Crippen LogP contribution in [0.2, 0.25) is 10.0 Å². The molecule has 1 N–H and O–H groups in total. The van der Waals surface area contributed by atoms with Crippen LogP contribution in [0.25, 0.3) is 0 Å². The predicted molar refractivity (Wildman–Crippen MR) is 79.4 cm³/mol. The molecule has 0 radical (unpaired) electrons. The van der Waals surface area contributed by atoms with E-state index in [9.17, 15) is 0 Å². The molecule has 2 nitrogen and oxygen atoms in total. The van der Waals surface area contributed by atoms with Gasteiger partial charge < -0.3 is 10.1 Å². The summed E-state index contributed by atoms with van der Waals surface area (Å²) in [5.41, 5.74) is 1.97. The van der Waals surface area contributed by atoms with E-state index in [1.807, 2.05) is 42.5 Å². The molecule has 1 aliphatic rings. The van der Waals surface area contributed by atoms with Crippen LogP contribution in [0.5, 0.6) is 5.75 Å². The van der Waals surface area contributed by atoms with Crippen LogP contribution < -0.4 is 10.1 Å². The maximum Gasteiger partial charge on any atom is 0.162 e. The zero-order valence-electron chi connectivity index (χ0n) is 10.4. The van der Waals surface area contributed by atoms with Gasteiger partial charge in [-0.05, 0) is 36.8 Å². The smallest absolute Gasteiger partial charge is 0.162 e. The summed E-state index contributed by atoms with van der Waals surface area (Å²) < 4.78 is 6.06. The molecule has 2 aromatic carbocycles. The number of benzene rings is 2. The minimum atomic E-state index is -0.105. The Morgan fingerprint density at radius 2 is 1.89 bits per heavy atom. The highest BCUT2D eigenvalue weighted by atomic mass is 35.5. The number of fused-ring (bicyclic) bond motifs is 1. The fraction of sp³-hybridized carbons (Fsp3) is 0.200. The molecule has 2 atom stereocenters. The van der Waals surface area contributed by atoms with Gasteiger partial charge in [0, 0.05) is 5.02 Å². The molecule has 2 aromatic rings. The second-order valence-electron chi connectivity index (χ2n) is 4.64. The molecule has 1 heterocycles. The van der Waals surface area contributed by atoms with Gasteiger partial charge in [-0.1, -0.05) is 41.4 Å². The lowest BCUT2D eigenvalue weighted by molar-refractivity contribution is 0.178. The van der Waals surface area contributed by atoms with Gasteiger partial charge >= 0.3 is 0 Å². The molecule has 98 valence electrons. The second kappa shape index (κ2) is 4.95. The van der Waals surface area contributed by atoms with Gasteiger partial charge in [-0.2, -0.15) is 0 Å². The molecule has 0 amide bonds. The molecule has 2 unspecified atom stereocenters. The third-order valence-corrected chi connectivity index (χ3v) is 3.76. The minimum absolute atomic E-state index is 0.105. The summed E-state index contributed by atoms with van der Waals surface area (Å²) in [5, 5.41) is 4.74. The van der Waals surface area contributed by atoms with Crippen LogP contribution in [0.15, 0.2) is 42.5 Å². The SMILES string of the molecule is CC1Nc2cccc(Cl)c2OC1c1cccc(Cl)c1. The molecule has 4 heteroatoms. The molecule has 0 fully saturated rings. The lowest BCUT2D eigenvalue weighted by Crippen LogP contribution is -2.32. The van der Waals surface area contributed by atoms with Crippen molar-refractivity contribution in [2.24, 2.45) is 0 Å². The summed E-state index contributed by atoms with van der Waals surface area (Å²) in [6.07, 6.45) is -0.105. The van der Waals surface area contributed by atoms with Gasteiger partial charge in [0.25, 0.3) is 0 Å². The van der Waals surface area contributed by atoms with Crippen molar-refractivity contribution >= 4 is 28.9 Å². The molecular formula is C15H13Cl2NO. The number of anilines is 1. The Balaban J connectivity index is 1.99. The second-order valence-corrected chi connectivity index (χ2v) is 5.49.